The molecule has 15 nitrogen and oxygen atoms in total. The van der Waals surface area contributed by atoms with E-state index in [0.717, 1.165) is 51.4 Å². The topological polar surface area (TPSA) is 189 Å². The van der Waals surface area contributed by atoms with Crippen molar-refractivity contribution in [2.45, 2.75) is 249 Å². The molecule has 4 aliphatic rings. The number of rotatable bonds is 20. The smallest absolute Gasteiger partial charge is 0.321 e. The Balaban J connectivity index is 2.17. The molecule has 1 unspecified atom stereocenters. The monoisotopic (exact) mass is 976 g/mol. The highest BCUT2D eigenvalue weighted by molar-refractivity contribution is 5.81. The molecule has 0 aromatic carbocycles. The van der Waals surface area contributed by atoms with Gasteiger partial charge in [0.1, 0.15) is 12.1 Å². The molecule has 0 saturated carbocycles. The molecule has 0 radical (unpaired) electrons. The quantitative estimate of drug-likeness (QED) is 0.0661. The van der Waals surface area contributed by atoms with Gasteiger partial charge in [-0.1, -0.05) is 0 Å². The summed E-state index contributed by atoms with van der Waals surface area (Å²) in [4.78, 5) is 63.4. The minimum atomic E-state index is -1.35. The summed E-state index contributed by atoms with van der Waals surface area (Å²) in [5, 5.41) is 48.6. The largest absolute Gasteiger partial charge is 0.481 e. The maximum atomic E-state index is 13.9. The van der Waals surface area contributed by atoms with Crippen LogP contribution < -0.4 is 10.6 Å². The maximum absolute atomic E-state index is 13.9. The van der Waals surface area contributed by atoms with Gasteiger partial charge >= 0.3 is 23.9 Å². The number of nitrogens with one attached hydrogen (secondary N) is 2. The summed E-state index contributed by atoms with van der Waals surface area (Å²) in [5.41, 5.74) is -2.88. The third-order valence-electron chi connectivity index (χ3n) is 19.5. The fourth-order valence-corrected chi connectivity index (χ4v) is 15.0. The third kappa shape index (κ3) is 12.9. The van der Waals surface area contributed by atoms with Crippen LogP contribution in [0.15, 0.2) is 0 Å². The van der Waals surface area contributed by atoms with E-state index in [4.69, 9.17) is 0 Å². The van der Waals surface area contributed by atoms with Crippen molar-refractivity contribution >= 4 is 23.9 Å². The van der Waals surface area contributed by atoms with Crippen LogP contribution in [-0.2, 0) is 19.2 Å². The van der Waals surface area contributed by atoms with Crippen molar-refractivity contribution in [3.05, 3.63) is 0 Å². The van der Waals surface area contributed by atoms with Gasteiger partial charge in [-0.3, -0.25) is 49.0 Å². The zero-order valence-corrected chi connectivity index (χ0v) is 47.1. The molecular formula is C54H101N7O8. The summed E-state index contributed by atoms with van der Waals surface area (Å²) < 4.78 is 0. The van der Waals surface area contributed by atoms with Crippen LogP contribution in [0.25, 0.3) is 0 Å². The lowest BCUT2D eigenvalue weighted by molar-refractivity contribution is -0.159. The van der Waals surface area contributed by atoms with E-state index in [2.05, 4.69) is 174 Å². The summed E-state index contributed by atoms with van der Waals surface area (Å²) in [5.74, 6) is -4.89. The Hall–Kier alpha value is -2.40. The summed E-state index contributed by atoms with van der Waals surface area (Å²) in [7, 11) is 8.86. The first-order valence-electron chi connectivity index (χ1n) is 26.2. The Kier molecular flexibility index (Phi) is 17.6. The van der Waals surface area contributed by atoms with E-state index in [9.17, 15) is 39.6 Å². The standard InChI is InChI=1S/C54H101N7O8/c1-46(2)26-35(27-47(3,4)57(46)17)39(34-61(23-21-22-55-40(44(66)67)24-42(62)63)38-32-52(13,14)60(20)53(15,16)33-38)54(56-41(45(68)69)25-43(64)65,36-28-48(5,6)58(18)49(7,8)29-36)37-30-50(9,10)59(19)51(11,12)31-37/h35-41,55-56H,21-34H2,1-20H3,(H,62,63)(H,64,65)(H,66,67)(H,68,69)/t39?,40-,41-/m0/s1. The first-order chi connectivity index (χ1) is 31.1. The summed E-state index contributed by atoms with van der Waals surface area (Å²) in [6.45, 7) is 38.6. The van der Waals surface area contributed by atoms with E-state index in [-0.39, 0.29) is 74.0 Å². The van der Waals surface area contributed by atoms with E-state index in [1.165, 1.54) is 0 Å². The average Bonchev–Trinajstić information content (AvgIpc) is 3.16. The van der Waals surface area contributed by atoms with Gasteiger partial charge in [0.15, 0.2) is 0 Å². The highest BCUT2D eigenvalue weighted by atomic mass is 16.4. The predicted octanol–water partition coefficient (Wildman–Crippen LogP) is 7.42. The highest BCUT2D eigenvalue weighted by Gasteiger charge is 2.63. The number of hydrogen-bond donors (Lipinski definition) is 6. The molecule has 0 aromatic rings. The van der Waals surface area contributed by atoms with Crippen molar-refractivity contribution in [2.24, 2.45) is 23.7 Å². The molecule has 4 aliphatic heterocycles. The molecule has 6 N–H and O–H groups in total. The number of likely N-dealkylation sites (tertiary alicyclic amines) is 4. The molecule has 69 heavy (non-hydrogen) atoms. The van der Waals surface area contributed by atoms with Crippen molar-refractivity contribution in [1.82, 2.24) is 35.1 Å². The van der Waals surface area contributed by atoms with Crippen LogP contribution in [0.1, 0.15) is 181 Å². The predicted molar refractivity (Wildman–Crippen MR) is 276 cm³/mol. The molecule has 0 bridgehead atoms. The van der Waals surface area contributed by atoms with Crippen LogP contribution in [-0.4, -0.2) is 185 Å². The Morgan fingerprint density at radius 2 is 0.841 bits per heavy atom. The maximum Gasteiger partial charge on any atom is 0.321 e. The van der Waals surface area contributed by atoms with Crippen LogP contribution in [0.3, 0.4) is 0 Å². The van der Waals surface area contributed by atoms with E-state index >= 15 is 0 Å². The molecule has 4 saturated heterocycles. The van der Waals surface area contributed by atoms with Crippen LogP contribution in [0.5, 0.6) is 0 Å². The normalized spacial score (nSPS) is 27.1. The molecule has 400 valence electrons. The SMILES string of the molecule is CN1C(C)(C)CC(C(CN(CCCN[C@@H](CC(=O)O)C(=O)O)C2CC(C)(C)N(C)C(C)(C)C2)C(N[C@@H](CC(=O)O)C(=O)O)(C2CC(C)(C)N(C)C(C)(C)C2)C2CC(C)(C)N(C)C(C)(C)C2)CC1(C)C. The Morgan fingerprint density at radius 1 is 0.522 bits per heavy atom. The summed E-state index contributed by atoms with van der Waals surface area (Å²) in [6, 6.07) is -2.48. The number of aliphatic carboxylic acids is 4. The van der Waals surface area contributed by atoms with Gasteiger partial charge in [-0.25, -0.2) is 0 Å². The lowest BCUT2D eigenvalue weighted by Gasteiger charge is -2.67. The first-order valence-corrected chi connectivity index (χ1v) is 26.2. The molecule has 4 fully saturated rings. The molecule has 0 aliphatic carbocycles. The summed E-state index contributed by atoms with van der Waals surface area (Å²) >= 11 is 0. The molecule has 0 aromatic heterocycles. The molecule has 0 amide bonds. The van der Waals surface area contributed by atoms with Crippen molar-refractivity contribution in [3.63, 3.8) is 0 Å². The number of hydrogen-bond acceptors (Lipinski definition) is 11. The van der Waals surface area contributed by atoms with Crippen molar-refractivity contribution < 1.29 is 39.6 Å². The van der Waals surface area contributed by atoms with Crippen LogP contribution in [0.2, 0.25) is 0 Å². The minimum Gasteiger partial charge on any atom is -0.481 e. The number of carboxylic acids is 4. The zero-order valence-electron chi connectivity index (χ0n) is 47.1. The molecule has 4 rings (SSSR count). The van der Waals surface area contributed by atoms with Gasteiger partial charge in [0, 0.05) is 62.4 Å². The van der Waals surface area contributed by atoms with Gasteiger partial charge in [-0.15, -0.1) is 0 Å². The van der Waals surface area contributed by atoms with Crippen molar-refractivity contribution in [3.8, 4) is 0 Å². The molecule has 0 spiro atoms. The zero-order chi connectivity index (χ0) is 53.1. The second-order valence-corrected chi connectivity index (χ2v) is 27.6. The second kappa shape index (κ2) is 20.5. The van der Waals surface area contributed by atoms with Gasteiger partial charge in [-0.05, 0) is 234 Å². The van der Waals surface area contributed by atoms with Crippen molar-refractivity contribution in [1.29, 1.82) is 0 Å². The fourth-order valence-electron chi connectivity index (χ4n) is 15.0. The Morgan fingerprint density at radius 3 is 1.17 bits per heavy atom. The minimum absolute atomic E-state index is 0.0635. The van der Waals surface area contributed by atoms with Crippen LogP contribution in [0.4, 0.5) is 0 Å². The van der Waals surface area contributed by atoms with E-state index in [1.807, 2.05) is 0 Å². The van der Waals surface area contributed by atoms with Gasteiger partial charge in [-0.2, -0.15) is 0 Å². The molecule has 3 atom stereocenters. The van der Waals surface area contributed by atoms with Crippen LogP contribution in [0, 0.1) is 23.7 Å². The summed E-state index contributed by atoms with van der Waals surface area (Å²) in [6.07, 6.45) is 6.04. The molecule has 4 heterocycles. The first kappa shape index (κ1) is 59.2. The highest BCUT2D eigenvalue weighted by Crippen LogP contribution is 2.59. The molecule has 15 heteroatoms. The number of nitrogens with zero attached hydrogens (tertiary/aromatic N) is 5. The van der Waals surface area contributed by atoms with Gasteiger partial charge in [0.25, 0.3) is 0 Å². The van der Waals surface area contributed by atoms with Gasteiger partial charge < -0.3 is 25.7 Å². The fraction of sp³-hybridized carbons (Fsp3) is 0.926. The van der Waals surface area contributed by atoms with Crippen LogP contribution >= 0.6 is 0 Å². The number of carbonyl (C=O) groups is 4. The Bertz CT molecular complexity index is 1730. The number of piperidine rings is 4. The van der Waals surface area contributed by atoms with E-state index in [0.29, 0.717) is 26.1 Å². The number of carboxylic acid groups (broad SMARTS) is 4. The second-order valence-electron chi connectivity index (χ2n) is 27.6. The van der Waals surface area contributed by atoms with Gasteiger partial charge in [0.05, 0.1) is 12.8 Å². The Labute approximate surface area is 418 Å². The lowest BCUT2D eigenvalue weighted by atomic mass is 9.50. The third-order valence-corrected chi connectivity index (χ3v) is 19.5. The lowest BCUT2D eigenvalue weighted by Crippen LogP contribution is -2.76. The van der Waals surface area contributed by atoms with E-state index < -0.39 is 54.3 Å². The average molecular weight is 976 g/mol. The van der Waals surface area contributed by atoms with Gasteiger partial charge in [0.2, 0.25) is 0 Å². The van der Waals surface area contributed by atoms with Crippen molar-refractivity contribution in [2.75, 3.05) is 47.8 Å². The molecular weight excluding hydrogens is 875 g/mol. The van der Waals surface area contributed by atoms with E-state index in [1.54, 1.807) is 0 Å².